The smallest absolute Gasteiger partial charge is 0.263 e. The maximum absolute atomic E-state index is 9.09. The summed E-state index contributed by atoms with van der Waals surface area (Å²) < 4.78 is 5.28. The van der Waals surface area contributed by atoms with Gasteiger partial charge in [-0.25, -0.2) is 0 Å². The van der Waals surface area contributed by atoms with Crippen molar-refractivity contribution in [1.82, 2.24) is 10.1 Å². The van der Waals surface area contributed by atoms with Crippen LogP contribution in [0.3, 0.4) is 0 Å². The van der Waals surface area contributed by atoms with Gasteiger partial charge in [-0.2, -0.15) is 4.98 Å². The number of hydrogen-bond donors (Lipinski definition) is 2. The van der Waals surface area contributed by atoms with E-state index in [0.29, 0.717) is 23.8 Å². The Kier molecular flexibility index (Phi) is 3.97. The third-order valence-corrected chi connectivity index (χ3v) is 3.92. The van der Waals surface area contributed by atoms with E-state index in [9.17, 15) is 0 Å². The molecule has 1 aliphatic rings. The zero-order valence-electron chi connectivity index (χ0n) is 11.3. The molecule has 2 N–H and O–H groups in total. The summed E-state index contributed by atoms with van der Waals surface area (Å²) in [5.74, 6) is 1.57. The Morgan fingerprint density at radius 1 is 1.25 bits per heavy atom. The minimum Gasteiger partial charge on any atom is -0.396 e. The lowest BCUT2D eigenvalue weighted by Gasteiger charge is -2.18. The fourth-order valence-electron chi connectivity index (χ4n) is 2.88. The van der Waals surface area contributed by atoms with Crippen LogP contribution in [0.25, 0.3) is 11.5 Å². The van der Waals surface area contributed by atoms with Crippen molar-refractivity contribution in [2.75, 3.05) is 11.9 Å². The van der Waals surface area contributed by atoms with Crippen LogP contribution in [-0.2, 0) is 0 Å². The van der Waals surface area contributed by atoms with E-state index in [-0.39, 0.29) is 6.61 Å². The number of aliphatic hydroxyl groups excluding tert-OH is 1. The van der Waals surface area contributed by atoms with E-state index >= 15 is 0 Å². The van der Waals surface area contributed by atoms with Crippen LogP contribution in [0.1, 0.15) is 25.7 Å². The van der Waals surface area contributed by atoms with Crippen LogP contribution in [0.4, 0.5) is 5.95 Å². The number of anilines is 1. The lowest BCUT2D eigenvalue weighted by molar-refractivity contribution is 0.254. The number of nitrogens with one attached hydrogen (secondary N) is 1. The van der Waals surface area contributed by atoms with Gasteiger partial charge in [0.15, 0.2) is 0 Å². The predicted molar refractivity (Wildman–Crippen MR) is 76.2 cm³/mol. The van der Waals surface area contributed by atoms with Crippen LogP contribution in [0.15, 0.2) is 34.9 Å². The minimum atomic E-state index is 0.240. The summed E-state index contributed by atoms with van der Waals surface area (Å²) in [7, 11) is 0. The van der Waals surface area contributed by atoms with Gasteiger partial charge in [0.05, 0.1) is 0 Å². The first-order valence-electron chi connectivity index (χ1n) is 7.13. The van der Waals surface area contributed by atoms with E-state index in [2.05, 4.69) is 15.5 Å². The molecule has 1 saturated carbocycles. The van der Waals surface area contributed by atoms with Gasteiger partial charge in [0.1, 0.15) is 0 Å². The highest BCUT2D eigenvalue weighted by Gasteiger charge is 2.27. The molecule has 1 heterocycles. The summed E-state index contributed by atoms with van der Waals surface area (Å²) in [6, 6.07) is 10.1. The molecule has 0 saturated heterocycles. The molecule has 1 aromatic heterocycles. The molecule has 5 heteroatoms. The molecule has 2 atom stereocenters. The van der Waals surface area contributed by atoms with Gasteiger partial charge in [-0.15, -0.1) is 0 Å². The zero-order chi connectivity index (χ0) is 13.8. The summed E-state index contributed by atoms with van der Waals surface area (Å²) in [5.41, 5.74) is 0.923. The molecule has 106 valence electrons. The first kappa shape index (κ1) is 13.1. The number of benzene rings is 1. The first-order chi connectivity index (χ1) is 9.86. The SMILES string of the molecule is OCCC1CCCC1Nc1noc(-c2ccccc2)n1. The van der Waals surface area contributed by atoms with Crippen molar-refractivity contribution in [2.45, 2.75) is 31.7 Å². The number of rotatable bonds is 5. The molecule has 0 aliphatic heterocycles. The van der Waals surface area contributed by atoms with Gasteiger partial charge in [-0.05, 0) is 42.5 Å². The third-order valence-electron chi connectivity index (χ3n) is 3.92. The summed E-state index contributed by atoms with van der Waals surface area (Å²) in [6.45, 7) is 0.240. The summed E-state index contributed by atoms with van der Waals surface area (Å²) in [6.07, 6.45) is 4.27. The lowest BCUT2D eigenvalue weighted by atomic mass is 10.0. The highest BCUT2D eigenvalue weighted by atomic mass is 16.5. The van der Waals surface area contributed by atoms with Gasteiger partial charge in [0, 0.05) is 18.2 Å². The molecule has 1 aliphatic carbocycles. The quantitative estimate of drug-likeness (QED) is 0.876. The molecule has 0 spiro atoms. The maximum atomic E-state index is 9.09. The number of aliphatic hydroxyl groups is 1. The van der Waals surface area contributed by atoms with Crippen molar-refractivity contribution >= 4 is 5.95 Å². The second-order valence-corrected chi connectivity index (χ2v) is 5.24. The monoisotopic (exact) mass is 273 g/mol. The second-order valence-electron chi connectivity index (χ2n) is 5.24. The summed E-state index contributed by atoms with van der Waals surface area (Å²) in [4.78, 5) is 4.39. The van der Waals surface area contributed by atoms with Crippen LogP contribution in [0, 0.1) is 5.92 Å². The zero-order valence-corrected chi connectivity index (χ0v) is 11.3. The van der Waals surface area contributed by atoms with Crippen LogP contribution < -0.4 is 5.32 Å². The predicted octanol–water partition coefficient (Wildman–Crippen LogP) is 2.70. The molecule has 0 amide bonds. The molecule has 2 aromatic rings. The molecule has 2 unspecified atom stereocenters. The molecule has 0 bridgehead atoms. The van der Waals surface area contributed by atoms with Crippen molar-refractivity contribution < 1.29 is 9.63 Å². The Balaban J connectivity index is 1.68. The lowest BCUT2D eigenvalue weighted by Crippen LogP contribution is -2.25. The average Bonchev–Trinajstić information content (AvgIpc) is 3.11. The number of aromatic nitrogens is 2. The normalized spacial score (nSPS) is 22.1. The van der Waals surface area contributed by atoms with Gasteiger partial charge in [0.2, 0.25) is 0 Å². The van der Waals surface area contributed by atoms with Gasteiger partial charge in [-0.3, -0.25) is 0 Å². The molecule has 20 heavy (non-hydrogen) atoms. The van der Waals surface area contributed by atoms with E-state index in [4.69, 9.17) is 9.63 Å². The molecule has 3 rings (SSSR count). The van der Waals surface area contributed by atoms with Crippen molar-refractivity contribution in [1.29, 1.82) is 0 Å². The number of nitrogens with zero attached hydrogens (tertiary/aromatic N) is 2. The van der Waals surface area contributed by atoms with Gasteiger partial charge < -0.3 is 14.9 Å². The molecular weight excluding hydrogens is 254 g/mol. The summed E-state index contributed by atoms with van der Waals surface area (Å²) in [5, 5.41) is 16.4. The van der Waals surface area contributed by atoms with Crippen molar-refractivity contribution in [3.05, 3.63) is 30.3 Å². The Bertz CT molecular complexity index is 541. The van der Waals surface area contributed by atoms with Crippen LogP contribution in [0.5, 0.6) is 0 Å². The molecule has 1 fully saturated rings. The largest absolute Gasteiger partial charge is 0.396 e. The van der Waals surface area contributed by atoms with Crippen LogP contribution in [-0.4, -0.2) is 27.9 Å². The number of hydrogen-bond acceptors (Lipinski definition) is 5. The first-order valence-corrected chi connectivity index (χ1v) is 7.13. The van der Waals surface area contributed by atoms with E-state index < -0.39 is 0 Å². The van der Waals surface area contributed by atoms with E-state index in [1.807, 2.05) is 30.3 Å². The molecule has 1 aromatic carbocycles. The molecular formula is C15H19N3O2. The van der Waals surface area contributed by atoms with Crippen molar-refractivity contribution in [3.8, 4) is 11.5 Å². The average molecular weight is 273 g/mol. The van der Waals surface area contributed by atoms with E-state index in [0.717, 1.165) is 24.8 Å². The van der Waals surface area contributed by atoms with E-state index in [1.165, 1.54) is 6.42 Å². The Morgan fingerprint density at radius 3 is 2.90 bits per heavy atom. The Morgan fingerprint density at radius 2 is 2.10 bits per heavy atom. The highest BCUT2D eigenvalue weighted by Crippen LogP contribution is 2.30. The highest BCUT2D eigenvalue weighted by molar-refractivity contribution is 5.53. The molecule has 5 nitrogen and oxygen atoms in total. The van der Waals surface area contributed by atoms with Crippen molar-refractivity contribution in [3.63, 3.8) is 0 Å². The minimum absolute atomic E-state index is 0.240. The van der Waals surface area contributed by atoms with Gasteiger partial charge in [-0.1, -0.05) is 24.6 Å². The fraction of sp³-hybridized carbons (Fsp3) is 0.467. The van der Waals surface area contributed by atoms with Crippen molar-refractivity contribution in [2.24, 2.45) is 5.92 Å². The fourth-order valence-corrected chi connectivity index (χ4v) is 2.88. The van der Waals surface area contributed by atoms with Crippen LogP contribution >= 0.6 is 0 Å². The Hall–Kier alpha value is -1.88. The maximum Gasteiger partial charge on any atom is 0.263 e. The summed E-state index contributed by atoms with van der Waals surface area (Å²) >= 11 is 0. The topological polar surface area (TPSA) is 71.2 Å². The Labute approximate surface area is 118 Å². The van der Waals surface area contributed by atoms with E-state index in [1.54, 1.807) is 0 Å². The molecule has 0 radical (unpaired) electrons. The van der Waals surface area contributed by atoms with Crippen LogP contribution in [0.2, 0.25) is 0 Å². The third kappa shape index (κ3) is 2.82. The standard InChI is InChI=1S/C15H19N3O2/c19-10-9-11-7-4-8-13(11)16-15-17-14(20-18-15)12-5-2-1-3-6-12/h1-3,5-6,11,13,19H,4,7-10H2,(H,16,18). The second kappa shape index (κ2) is 6.05. The van der Waals surface area contributed by atoms with Gasteiger partial charge >= 0.3 is 0 Å². The van der Waals surface area contributed by atoms with Gasteiger partial charge in [0.25, 0.3) is 11.8 Å².